The third kappa shape index (κ3) is 6.90. The van der Waals surface area contributed by atoms with E-state index in [2.05, 4.69) is 15.3 Å². The lowest BCUT2D eigenvalue weighted by Gasteiger charge is -2.28. The first-order chi connectivity index (χ1) is 19.6. The number of fused-ring (bicyclic) bond motifs is 2. The minimum Gasteiger partial charge on any atom is -0.475 e. The SMILES string of the molecule is O=C(O)C(F)(F)F.O=C(c1cc(Cn2ncc(=O)c3ccccc32)ccc1F)N1CCn2c(nnc2CC(F)(F)F)C1. The summed E-state index contributed by atoms with van der Waals surface area (Å²) in [6.45, 7) is 0.272. The van der Waals surface area contributed by atoms with Gasteiger partial charge in [-0.1, -0.05) is 18.2 Å². The van der Waals surface area contributed by atoms with E-state index in [1.807, 2.05) is 0 Å². The van der Waals surface area contributed by atoms with Crippen molar-refractivity contribution in [3.05, 3.63) is 87.5 Å². The Morgan fingerprint density at radius 2 is 1.67 bits per heavy atom. The van der Waals surface area contributed by atoms with E-state index in [1.165, 1.54) is 33.9 Å². The van der Waals surface area contributed by atoms with E-state index in [0.29, 0.717) is 16.5 Å². The van der Waals surface area contributed by atoms with Crippen LogP contribution in [0.3, 0.4) is 0 Å². The van der Waals surface area contributed by atoms with Gasteiger partial charge in [-0.25, -0.2) is 9.18 Å². The number of hydrogen-bond donors (Lipinski definition) is 1. The van der Waals surface area contributed by atoms with Crippen LogP contribution in [0.4, 0.5) is 30.7 Å². The van der Waals surface area contributed by atoms with Gasteiger partial charge in [0, 0.05) is 18.5 Å². The Labute approximate surface area is 230 Å². The molecule has 4 aromatic rings. The number of alkyl halides is 6. The number of carbonyl (C=O) groups is 2. The van der Waals surface area contributed by atoms with Crippen LogP contribution < -0.4 is 5.43 Å². The molecule has 1 N–H and O–H groups in total. The summed E-state index contributed by atoms with van der Waals surface area (Å²) in [7, 11) is 0. The van der Waals surface area contributed by atoms with Crippen molar-refractivity contribution in [3.63, 3.8) is 0 Å². The molecule has 5 rings (SSSR count). The summed E-state index contributed by atoms with van der Waals surface area (Å²) in [4.78, 5) is 35.4. The topological polar surface area (TPSA) is 123 Å². The molecule has 0 atom stereocenters. The van der Waals surface area contributed by atoms with E-state index in [1.54, 1.807) is 28.9 Å². The van der Waals surface area contributed by atoms with Crippen LogP contribution in [-0.2, 0) is 30.8 Å². The molecule has 1 aliphatic rings. The smallest absolute Gasteiger partial charge is 0.475 e. The number of nitrogens with zero attached hydrogens (tertiary/aromatic N) is 6. The summed E-state index contributed by atoms with van der Waals surface area (Å²) in [6.07, 6.45) is -9.51. The van der Waals surface area contributed by atoms with Gasteiger partial charge in [-0.05, 0) is 29.8 Å². The summed E-state index contributed by atoms with van der Waals surface area (Å²) in [6, 6.07) is 11.1. The van der Waals surface area contributed by atoms with Gasteiger partial charge in [-0.3, -0.25) is 14.3 Å². The minimum atomic E-state index is -5.08. The summed E-state index contributed by atoms with van der Waals surface area (Å²) < 4.78 is 87.6. The number of halogens is 7. The summed E-state index contributed by atoms with van der Waals surface area (Å²) in [5.74, 6) is -4.08. The van der Waals surface area contributed by atoms with Crippen molar-refractivity contribution in [2.75, 3.05) is 6.54 Å². The standard InChI is InChI=1S/C23H18F4N6O2.C2HF3O2/c24-17-6-5-14(12-33-18-4-2-1-3-15(18)19(34)11-28-33)9-16(17)22(35)31-7-8-32-20(10-23(25,26)27)29-30-21(32)13-31;3-2(4,5)1(6)7/h1-6,9,11H,7-8,10,12-13H2;(H,6,7). The molecule has 10 nitrogen and oxygen atoms in total. The van der Waals surface area contributed by atoms with Gasteiger partial charge in [0.1, 0.15) is 18.1 Å². The lowest BCUT2D eigenvalue weighted by atomic mass is 10.1. The van der Waals surface area contributed by atoms with Crippen molar-refractivity contribution in [2.24, 2.45) is 0 Å². The average Bonchev–Trinajstić information content (AvgIpc) is 3.31. The monoisotopic (exact) mass is 600 g/mol. The Kier molecular flexibility index (Phi) is 8.31. The first-order valence-corrected chi connectivity index (χ1v) is 11.9. The van der Waals surface area contributed by atoms with Crippen LogP contribution in [0.15, 0.2) is 53.5 Å². The molecule has 2 aromatic carbocycles. The van der Waals surface area contributed by atoms with Crippen molar-refractivity contribution >= 4 is 22.8 Å². The molecule has 222 valence electrons. The zero-order chi connectivity index (χ0) is 30.8. The maximum absolute atomic E-state index is 14.6. The molecule has 0 fully saturated rings. The average molecular weight is 600 g/mol. The van der Waals surface area contributed by atoms with Crippen molar-refractivity contribution in [1.29, 1.82) is 0 Å². The van der Waals surface area contributed by atoms with Crippen LogP contribution in [0, 0.1) is 5.82 Å². The van der Waals surface area contributed by atoms with Gasteiger partial charge in [0.05, 0.1) is 30.4 Å². The molecular formula is C25H19F7N6O4. The maximum Gasteiger partial charge on any atom is 0.490 e. The van der Waals surface area contributed by atoms with Gasteiger partial charge in [-0.15, -0.1) is 10.2 Å². The molecule has 0 radical (unpaired) electrons. The zero-order valence-electron chi connectivity index (χ0n) is 21.2. The van der Waals surface area contributed by atoms with E-state index in [4.69, 9.17) is 9.90 Å². The molecule has 17 heteroatoms. The molecule has 0 aliphatic carbocycles. The van der Waals surface area contributed by atoms with Crippen LogP contribution in [0.25, 0.3) is 10.9 Å². The lowest BCUT2D eigenvalue weighted by molar-refractivity contribution is -0.192. The van der Waals surface area contributed by atoms with Crippen LogP contribution >= 0.6 is 0 Å². The predicted octanol–water partition coefficient (Wildman–Crippen LogP) is 3.57. The normalized spacial score (nSPS) is 13.4. The number of amides is 1. The molecule has 0 unspecified atom stereocenters. The fraction of sp³-hybridized carbons (Fsp3) is 0.280. The number of benzene rings is 2. The van der Waals surface area contributed by atoms with E-state index in [0.717, 1.165) is 0 Å². The number of rotatable bonds is 4. The van der Waals surface area contributed by atoms with Crippen LogP contribution in [0.2, 0.25) is 0 Å². The quantitative estimate of drug-likeness (QED) is 0.356. The van der Waals surface area contributed by atoms with Crippen molar-refractivity contribution in [3.8, 4) is 0 Å². The molecular weight excluding hydrogens is 581 g/mol. The molecule has 1 amide bonds. The molecule has 0 saturated heterocycles. The minimum absolute atomic E-state index is 0.0775. The number of aliphatic carboxylic acids is 1. The molecule has 0 spiro atoms. The second kappa shape index (κ2) is 11.6. The van der Waals surface area contributed by atoms with Crippen LogP contribution in [0.1, 0.15) is 27.6 Å². The zero-order valence-corrected chi connectivity index (χ0v) is 21.2. The Balaban J connectivity index is 0.000000517. The Morgan fingerprint density at radius 3 is 2.33 bits per heavy atom. The molecule has 0 bridgehead atoms. The highest BCUT2D eigenvalue weighted by molar-refractivity contribution is 5.94. The van der Waals surface area contributed by atoms with E-state index in [-0.39, 0.29) is 48.8 Å². The fourth-order valence-corrected chi connectivity index (χ4v) is 4.17. The highest BCUT2D eigenvalue weighted by atomic mass is 19.4. The molecule has 2 aromatic heterocycles. The largest absolute Gasteiger partial charge is 0.490 e. The van der Waals surface area contributed by atoms with Gasteiger partial charge >= 0.3 is 18.3 Å². The number of carbonyl (C=O) groups excluding carboxylic acids is 1. The Bertz CT molecular complexity index is 1700. The van der Waals surface area contributed by atoms with E-state index < -0.39 is 36.5 Å². The van der Waals surface area contributed by atoms with Gasteiger partial charge < -0.3 is 14.6 Å². The number of carboxylic acid groups (broad SMARTS) is 1. The van der Waals surface area contributed by atoms with Gasteiger partial charge in [-0.2, -0.15) is 31.4 Å². The lowest BCUT2D eigenvalue weighted by Crippen LogP contribution is -2.39. The second-order valence-electron chi connectivity index (χ2n) is 9.00. The first-order valence-electron chi connectivity index (χ1n) is 11.9. The number of carboxylic acids is 1. The van der Waals surface area contributed by atoms with E-state index in [9.17, 15) is 40.3 Å². The third-order valence-electron chi connectivity index (χ3n) is 6.07. The molecule has 42 heavy (non-hydrogen) atoms. The summed E-state index contributed by atoms with van der Waals surface area (Å²) in [5, 5.41) is 19.2. The van der Waals surface area contributed by atoms with Gasteiger partial charge in [0.25, 0.3) is 5.91 Å². The number of para-hydroxylation sites is 1. The number of aromatic nitrogens is 5. The summed E-state index contributed by atoms with van der Waals surface area (Å²) in [5.41, 5.74) is 0.797. The highest BCUT2D eigenvalue weighted by Gasteiger charge is 2.38. The molecule has 1 aliphatic heterocycles. The van der Waals surface area contributed by atoms with Crippen molar-refractivity contribution in [1.82, 2.24) is 29.4 Å². The van der Waals surface area contributed by atoms with Crippen molar-refractivity contribution in [2.45, 2.75) is 38.4 Å². The van der Waals surface area contributed by atoms with Gasteiger partial charge in [0.15, 0.2) is 5.82 Å². The van der Waals surface area contributed by atoms with Crippen molar-refractivity contribution < 1.29 is 45.4 Å². The number of hydrogen-bond acceptors (Lipinski definition) is 6. The Hall–Kier alpha value is -4.83. The molecule has 0 saturated carbocycles. The molecule has 3 heterocycles. The second-order valence-corrected chi connectivity index (χ2v) is 9.00. The van der Waals surface area contributed by atoms with Crippen LogP contribution in [0.5, 0.6) is 0 Å². The Morgan fingerprint density at radius 1 is 0.976 bits per heavy atom. The van der Waals surface area contributed by atoms with Crippen LogP contribution in [-0.4, -0.2) is 65.3 Å². The van der Waals surface area contributed by atoms with E-state index >= 15 is 0 Å². The third-order valence-corrected chi connectivity index (χ3v) is 6.07. The highest BCUT2D eigenvalue weighted by Crippen LogP contribution is 2.24. The maximum atomic E-state index is 14.6. The summed E-state index contributed by atoms with van der Waals surface area (Å²) >= 11 is 0. The van der Waals surface area contributed by atoms with Gasteiger partial charge in [0.2, 0.25) is 5.43 Å². The first kappa shape index (κ1) is 30.1. The fourth-order valence-electron chi connectivity index (χ4n) is 4.17. The predicted molar refractivity (Wildman–Crippen MR) is 130 cm³/mol.